The highest BCUT2D eigenvalue weighted by molar-refractivity contribution is 6.35. The van der Waals surface area contributed by atoms with Crippen molar-refractivity contribution in [3.8, 4) is 0 Å². The Morgan fingerprint density at radius 3 is 1.83 bits per heavy atom. The highest BCUT2D eigenvalue weighted by Gasteiger charge is 2.39. The van der Waals surface area contributed by atoms with Crippen molar-refractivity contribution in [1.29, 1.82) is 0 Å². The summed E-state index contributed by atoms with van der Waals surface area (Å²) in [5.74, 6) is -4.36. The van der Waals surface area contributed by atoms with Crippen molar-refractivity contribution in [2.45, 2.75) is 0 Å². The summed E-state index contributed by atoms with van der Waals surface area (Å²) < 4.78 is 0. The van der Waals surface area contributed by atoms with Crippen LogP contribution in [-0.2, 0) is 0 Å². The lowest BCUT2D eigenvalue weighted by Gasteiger charge is -2.17. The first kappa shape index (κ1) is 14.5. The number of amides is 2. The average molecular weight is 311 g/mol. The molecule has 7 nitrogen and oxygen atoms in total. The van der Waals surface area contributed by atoms with E-state index in [-0.39, 0.29) is 16.8 Å². The topological polar surface area (TPSA) is 112 Å². The number of carboxylic acid groups (broad SMARTS) is 2. The van der Waals surface area contributed by atoms with Crippen molar-refractivity contribution in [1.82, 2.24) is 0 Å². The number of hydrogen-bond donors (Lipinski definition) is 2. The van der Waals surface area contributed by atoms with E-state index in [0.717, 1.165) is 6.07 Å². The summed E-state index contributed by atoms with van der Waals surface area (Å²) in [6, 6.07) is 9.70. The zero-order valence-electron chi connectivity index (χ0n) is 11.5. The number of anilines is 1. The molecule has 2 N–H and O–H groups in total. The SMILES string of the molecule is O=C(O)c1cccc(N2C(=O)c3ccccc3C2=O)c1C(=O)O. The Morgan fingerprint density at radius 1 is 0.783 bits per heavy atom. The Hall–Kier alpha value is -3.48. The number of fused-ring (bicyclic) bond motifs is 1. The molecule has 0 saturated heterocycles. The smallest absolute Gasteiger partial charge is 0.338 e. The number of benzene rings is 2. The number of rotatable bonds is 3. The molecule has 0 unspecified atom stereocenters. The van der Waals surface area contributed by atoms with Gasteiger partial charge in [0.1, 0.15) is 0 Å². The lowest BCUT2D eigenvalue weighted by Crippen LogP contribution is -2.31. The van der Waals surface area contributed by atoms with Gasteiger partial charge in [0.25, 0.3) is 11.8 Å². The number of nitrogens with zero attached hydrogens (tertiary/aromatic N) is 1. The zero-order valence-corrected chi connectivity index (χ0v) is 11.5. The van der Waals surface area contributed by atoms with Gasteiger partial charge in [0.15, 0.2) is 0 Å². The van der Waals surface area contributed by atoms with E-state index in [1.807, 2.05) is 0 Å². The predicted octanol–water partition coefficient (Wildman–Crippen LogP) is 1.88. The van der Waals surface area contributed by atoms with Crippen LogP contribution in [0.25, 0.3) is 0 Å². The molecule has 3 rings (SSSR count). The maximum Gasteiger partial charge on any atom is 0.338 e. The minimum absolute atomic E-state index is 0.148. The maximum atomic E-state index is 12.4. The molecule has 7 heteroatoms. The van der Waals surface area contributed by atoms with E-state index in [2.05, 4.69) is 0 Å². The van der Waals surface area contributed by atoms with E-state index in [1.54, 1.807) is 12.1 Å². The average Bonchev–Trinajstić information content (AvgIpc) is 2.78. The first-order chi connectivity index (χ1) is 10.9. The van der Waals surface area contributed by atoms with Crippen molar-refractivity contribution in [3.63, 3.8) is 0 Å². The largest absolute Gasteiger partial charge is 0.478 e. The third-order valence-corrected chi connectivity index (χ3v) is 3.52. The highest BCUT2D eigenvalue weighted by Crippen LogP contribution is 2.32. The van der Waals surface area contributed by atoms with E-state index >= 15 is 0 Å². The standard InChI is InChI=1S/C16H9NO6/c18-13-8-4-1-2-5-9(8)14(19)17(13)11-7-3-6-10(15(20)21)12(11)16(22)23/h1-7H,(H,20,21)(H,22,23). The number of carboxylic acids is 2. The van der Waals surface area contributed by atoms with Crippen molar-refractivity contribution < 1.29 is 29.4 Å². The Kier molecular flexibility index (Phi) is 3.18. The van der Waals surface area contributed by atoms with Gasteiger partial charge < -0.3 is 10.2 Å². The molecule has 1 aliphatic rings. The third kappa shape index (κ3) is 2.06. The fraction of sp³-hybridized carbons (Fsp3) is 0. The van der Waals surface area contributed by atoms with Crippen LogP contribution < -0.4 is 4.90 Å². The summed E-state index contributed by atoms with van der Waals surface area (Å²) in [5, 5.41) is 18.5. The van der Waals surface area contributed by atoms with Crippen molar-refractivity contribution in [3.05, 3.63) is 64.7 Å². The van der Waals surface area contributed by atoms with Crippen LogP contribution in [0.4, 0.5) is 5.69 Å². The quantitative estimate of drug-likeness (QED) is 0.837. The van der Waals surface area contributed by atoms with Gasteiger partial charge in [-0.3, -0.25) is 9.59 Å². The second-order valence-corrected chi connectivity index (χ2v) is 4.80. The fourth-order valence-electron chi connectivity index (χ4n) is 2.54. The molecule has 2 aromatic rings. The first-order valence-corrected chi connectivity index (χ1v) is 6.51. The summed E-state index contributed by atoms with van der Waals surface area (Å²) in [7, 11) is 0. The highest BCUT2D eigenvalue weighted by atomic mass is 16.4. The number of imide groups is 1. The van der Waals surface area contributed by atoms with E-state index in [9.17, 15) is 24.3 Å². The summed E-state index contributed by atoms with van der Waals surface area (Å²) in [5.41, 5.74) is -1.06. The van der Waals surface area contributed by atoms with Gasteiger partial charge in [0.05, 0.1) is 27.9 Å². The van der Waals surface area contributed by atoms with Crippen LogP contribution in [0.15, 0.2) is 42.5 Å². The number of aromatic carboxylic acids is 2. The van der Waals surface area contributed by atoms with Gasteiger partial charge in [0.2, 0.25) is 0 Å². The summed E-state index contributed by atoms with van der Waals surface area (Å²) in [4.78, 5) is 48.3. The van der Waals surface area contributed by atoms with Gasteiger partial charge in [-0.05, 0) is 24.3 Å². The lowest BCUT2D eigenvalue weighted by atomic mass is 10.0. The van der Waals surface area contributed by atoms with Gasteiger partial charge in [0, 0.05) is 0 Å². The van der Waals surface area contributed by atoms with Gasteiger partial charge >= 0.3 is 11.9 Å². The lowest BCUT2D eigenvalue weighted by molar-refractivity contribution is 0.0651. The van der Waals surface area contributed by atoms with E-state index in [1.165, 1.54) is 24.3 Å². The van der Waals surface area contributed by atoms with Gasteiger partial charge in [-0.1, -0.05) is 18.2 Å². The van der Waals surface area contributed by atoms with Crippen LogP contribution in [0.2, 0.25) is 0 Å². The van der Waals surface area contributed by atoms with Crippen LogP contribution in [0.5, 0.6) is 0 Å². The number of hydrogen-bond acceptors (Lipinski definition) is 4. The molecule has 0 saturated carbocycles. The van der Waals surface area contributed by atoms with Crippen molar-refractivity contribution >= 4 is 29.4 Å². The normalized spacial score (nSPS) is 13.1. The molecule has 1 aliphatic heterocycles. The minimum atomic E-state index is -1.53. The molecule has 23 heavy (non-hydrogen) atoms. The summed E-state index contributed by atoms with van der Waals surface area (Å²) in [6.07, 6.45) is 0. The molecule has 0 atom stereocenters. The molecule has 0 bridgehead atoms. The van der Waals surface area contributed by atoms with Crippen LogP contribution in [0.1, 0.15) is 41.4 Å². The molecule has 0 aromatic heterocycles. The molecule has 0 radical (unpaired) electrons. The molecular weight excluding hydrogens is 302 g/mol. The van der Waals surface area contributed by atoms with Gasteiger partial charge in [-0.15, -0.1) is 0 Å². The molecule has 0 aliphatic carbocycles. The second kappa shape index (κ2) is 5.06. The van der Waals surface area contributed by atoms with Crippen molar-refractivity contribution in [2.24, 2.45) is 0 Å². The van der Waals surface area contributed by atoms with Gasteiger partial charge in [-0.25, -0.2) is 14.5 Å². The maximum absolute atomic E-state index is 12.4. The zero-order chi connectivity index (χ0) is 16.7. The Morgan fingerprint density at radius 2 is 1.35 bits per heavy atom. The van der Waals surface area contributed by atoms with E-state index in [4.69, 9.17) is 5.11 Å². The molecule has 114 valence electrons. The van der Waals surface area contributed by atoms with Crippen LogP contribution >= 0.6 is 0 Å². The summed E-state index contributed by atoms with van der Waals surface area (Å²) >= 11 is 0. The monoisotopic (exact) mass is 311 g/mol. The predicted molar refractivity (Wildman–Crippen MR) is 77.9 cm³/mol. The second-order valence-electron chi connectivity index (χ2n) is 4.80. The third-order valence-electron chi connectivity index (χ3n) is 3.52. The van der Waals surface area contributed by atoms with Crippen molar-refractivity contribution in [2.75, 3.05) is 4.90 Å². The van der Waals surface area contributed by atoms with Crippen LogP contribution in [-0.4, -0.2) is 34.0 Å². The molecular formula is C16H9NO6. The number of carbonyl (C=O) groups is 4. The Labute approximate surface area is 129 Å². The molecule has 2 aromatic carbocycles. The Bertz CT molecular complexity index is 851. The number of carbonyl (C=O) groups excluding carboxylic acids is 2. The molecule has 2 amide bonds. The molecule has 1 heterocycles. The Balaban J connectivity index is 2.23. The first-order valence-electron chi connectivity index (χ1n) is 6.51. The summed E-state index contributed by atoms with van der Waals surface area (Å²) in [6.45, 7) is 0. The van der Waals surface area contributed by atoms with Crippen LogP contribution in [0, 0.1) is 0 Å². The fourth-order valence-corrected chi connectivity index (χ4v) is 2.54. The van der Waals surface area contributed by atoms with E-state index < -0.39 is 34.9 Å². The molecule has 0 fully saturated rings. The van der Waals surface area contributed by atoms with Gasteiger partial charge in [-0.2, -0.15) is 0 Å². The van der Waals surface area contributed by atoms with Crippen LogP contribution in [0.3, 0.4) is 0 Å². The minimum Gasteiger partial charge on any atom is -0.478 e. The van der Waals surface area contributed by atoms with E-state index in [0.29, 0.717) is 4.90 Å². The molecule has 0 spiro atoms.